The Labute approximate surface area is 103 Å². The summed E-state index contributed by atoms with van der Waals surface area (Å²) in [6.07, 6.45) is 3.43. The molecule has 3 N–H and O–H groups in total. The van der Waals surface area contributed by atoms with Crippen molar-refractivity contribution in [3.63, 3.8) is 0 Å². The van der Waals surface area contributed by atoms with E-state index in [1.54, 1.807) is 12.5 Å². The summed E-state index contributed by atoms with van der Waals surface area (Å²) in [5, 5.41) is 4.13. The van der Waals surface area contributed by atoms with E-state index in [2.05, 4.69) is 10.3 Å². The third-order valence-electron chi connectivity index (χ3n) is 2.53. The van der Waals surface area contributed by atoms with Gasteiger partial charge in [-0.1, -0.05) is 0 Å². The number of nitrogens with one attached hydrogen (secondary N) is 1. The summed E-state index contributed by atoms with van der Waals surface area (Å²) >= 11 is 0. The van der Waals surface area contributed by atoms with Gasteiger partial charge in [0.2, 0.25) is 0 Å². The Morgan fingerprint density at radius 3 is 3.00 bits per heavy atom. The minimum atomic E-state index is -0.789. The third kappa shape index (κ3) is 2.74. The highest BCUT2D eigenvalue weighted by atomic mass is 32.2. The number of anilines is 2. The quantitative estimate of drug-likeness (QED) is 0.808. The van der Waals surface area contributed by atoms with Crippen LogP contribution in [0.2, 0.25) is 0 Å². The van der Waals surface area contributed by atoms with E-state index in [4.69, 9.17) is 5.73 Å². The average molecular weight is 249 g/mol. The van der Waals surface area contributed by atoms with Gasteiger partial charge in [0, 0.05) is 40.9 Å². The molecule has 0 bridgehead atoms. The number of rotatable bonds is 4. The predicted molar refractivity (Wildman–Crippen MR) is 73.6 cm³/mol. The number of benzene rings is 1. The van der Waals surface area contributed by atoms with Crippen LogP contribution in [0, 0.1) is 0 Å². The summed E-state index contributed by atoms with van der Waals surface area (Å²) in [7, 11) is -0.789. The van der Waals surface area contributed by atoms with Gasteiger partial charge in [0.1, 0.15) is 0 Å². The maximum absolute atomic E-state index is 11.0. The number of hydrogen-bond donors (Lipinski definition) is 2. The fourth-order valence-corrected chi connectivity index (χ4v) is 2.05. The highest BCUT2D eigenvalue weighted by Gasteiger charge is 2.04. The van der Waals surface area contributed by atoms with Gasteiger partial charge < -0.3 is 11.1 Å². The molecule has 0 saturated heterocycles. The standard InChI is InChI=1S/C12H15N3OS/c1-17(16)8-7-15-11-5-4-10-9(12(11)13)3-2-6-14-10/h2-6,15H,7-8,13H2,1H3. The molecule has 1 aromatic heterocycles. The van der Waals surface area contributed by atoms with E-state index in [0.29, 0.717) is 18.0 Å². The number of nitrogens with two attached hydrogens (primary N) is 1. The SMILES string of the molecule is CS(=O)CCNc1ccc2ncccc2c1N. The minimum Gasteiger partial charge on any atom is -0.397 e. The molecule has 90 valence electrons. The molecule has 1 unspecified atom stereocenters. The lowest BCUT2D eigenvalue weighted by Gasteiger charge is -2.10. The van der Waals surface area contributed by atoms with E-state index in [0.717, 1.165) is 16.6 Å². The topological polar surface area (TPSA) is 68.0 Å². The largest absolute Gasteiger partial charge is 0.397 e. The highest BCUT2D eigenvalue weighted by molar-refractivity contribution is 7.84. The van der Waals surface area contributed by atoms with Crippen molar-refractivity contribution in [1.29, 1.82) is 0 Å². The molecule has 0 fully saturated rings. The molecule has 2 aromatic rings. The van der Waals surface area contributed by atoms with Crippen molar-refractivity contribution in [2.45, 2.75) is 0 Å². The molecule has 0 spiro atoms. The molecule has 0 saturated carbocycles. The second-order valence-corrected chi connectivity index (χ2v) is 5.36. The van der Waals surface area contributed by atoms with Gasteiger partial charge in [-0.3, -0.25) is 9.19 Å². The third-order valence-corrected chi connectivity index (χ3v) is 3.31. The molecule has 17 heavy (non-hydrogen) atoms. The summed E-state index contributed by atoms with van der Waals surface area (Å²) < 4.78 is 11.0. The summed E-state index contributed by atoms with van der Waals surface area (Å²) in [4.78, 5) is 4.24. The van der Waals surface area contributed by atoms with Crippen molar-refractivity contribution in [3.05, 3.63) is 30.5 Å². The van der Waals surface area contributed by atoms with Crippen LogP contribution in [0.4, 0.5) is 11.4 Å². The van der Waals surface area contributed by atoms with Crippen LogP contribution >= 0.6 is 0 Å². The fraction of sp³-hybridized carbons (Fsp3) is 0.250. The van der Waals surface area contributed by atoms with Crippen molar-refractivity contribution < 1.29 is 4.21 Å². The second-order valence-electron chi connectivity index (χ2n) is 3.80. The number of fused-ring (bicyclic) bond motifs is 1. The molecule has 5 heteroatoms. The van der Waals surface area contributed by atoms with Crippen LogP contribution in [0.25, 0.3) is 10.9 Å². The number of nitrogen functional groups attached to an aromatic ring is 1. The molecule has 0 amide bonds. The van der Waals surface area contributed by atoms with Gasteiger partial charge in [-0.2, -0.15) is 0 Å². The van der Waals surface area contributed by atoms with Crippen molar-refractivity contribution in [3.8, 4) is 0 Å². The van der Waals surface area contributed by atoms with Gasteiger partial charge >= 0.3 is 0 Å². The van der Waals surface area contributed by atoms with Gasteiger partial charge in [-0.05, 0) is 24.3 Å². The van der Waals surface area contributed by atoms with E-state index in [1.165, 1.54) is 0 Å². The summed E-state index contributed by atoms with van der Waals surface area (Å²) in [5.41, 5.74) is 8.50. The van der Waals surface area contributed by atoms with Gasteiger partial charge in [-0.25, -0.2) is 0 Å². The molecule has 1 heterocycles. The zero-order chi connectivity index (χ0) is 12.3. The lowest BCUT2D eigenvalue weighted by atomic mass is 10.1. The molecule has 4 nitrogen and oxygen atoms in total. The van der Waals surface area contributed by atoms with Gasteiger partial charge in [0.15, 0.2) is 0 Å². The predicted octanol–water partition coefficient (Wildman–Crippen LogP) is 1.61. The Hall–Kier alpha value is -1.62. The number of hydrogen-bond acceptors (Lipinski definition) is 4. The molecule has 1 atom stereocenters. The first-order valence-corrected chi connectivity index (χ1v) is 7.08. The lowest BCUT2D eigenvalue weighted by molar-refractivity contribution is 0.687. The number of nitrogens with zero attached hydrogens (tertiary/aromatic N) is 1. The van der Waals surface area contributed by atoms with Gasteiger partial charge in [0.05, 0.1) is 16.9 Å². The minimum absolute atomic E-state index is 0.616. The van der Waals surface area contributed by atoms with Gasteiger partial charge in [0.25, 0.3) is 0 Å². The Balaban J connectivity index is 2.23. The monoisotopic (exact) mass is 249 g/mol. The zero-order valence-electron chi connectivity index (χ0n) is 9.64. The molecule has 0 aliphatic carbocycles. The molecule has 2 rings (SSSR count). The van der Waals surface area contributed by atoms with Crippen molar-refractivity contribution in [2.24, 2.45) is 0 Å². The Kier molecular flexibility index (Phi) is 3.58. The van der Waals surface area contributed by atoms with Crippen LogP contribution in [-0.2, 0) is 10.8 Å². The normalized spacial score (nSPS) is 12.5. The molecule has 0 radical (unpaired) electrons. The smallest absolute Gasteiger partial charge is 0.0724 e. The first kappa shape index (κ1) is 11.9. The van der Waals surface area contributed by atoms with E-state index in [-0.39, 0.29) is 0 Å². The fourth-order valence-electron chi connectivity index (χ4n) is 1.66. The van der Waals surface area contributed by atoms with E-state index >= 15 is 0 Å². The van der Waals surface area contributed by atoms with E-state index in [9.17, 15) is 4.21 Å². The van der Waals surface area contributed by atoms with Crippen LogP contribution in [0.5, 0.6) is 0 Å². The summed E-state index contributed by atoms with van der Waals surface area (Å²) in [5.74, 6) is 0.616. The number of pyridine rings is 1. The van der Waals surface area contributed by atoms with Crippen molar-refractivity contribution in [2.75, 3.05) is 29.6 Å². The molecule has 1 aromatic carbocycles. The molecular formula is C12H15N3OS. The van der Waals surface area contributed by atoms with Crippen LogP contribution in [0.1, 0.15) is 0 Å². The summed E-state index contributed by atoms with van der Waals surface area (Å²) in [6, 6.07) is 7.64. The highest BCUT2D eigenvalue weighted by Crippen LogP contribution is 2.26. The van der Waals surface area contributed by atoms with E-state index < -0.39 is 10.8 Å². The van der Waals surface area contributed by atoms with Crippen LogP contribution in [0.15, 0.2) is 30.5 Å². The zero-order valence-corrected chi connectivity index (χ0v) is 10.5. The first-order chi connectivity index (χ1) is 8.18. The maximum Gasteiger partial charge on any atom is 0.0724 e. The van der Waals surface area contributed by atoms with Crippen molar-refractivity contribution >= 4 is 33.1 Å². The van der Waals surface area contributed by atoms with E-state index in [1.807, 2.05) is 24.3 Å². The summed E-state index contributed by atoms with van der Waals surface area (Å²) in [6.45, 7) is 0.652. The van der Waals surface area contributed by atoms with Crippen molar-refractivity contribution in [1.82, 2.24) is 4.98 Å². The Morgan fingerprint density at radius 2 is 2.24 bits per heavy atom. The van der Waals surface area contributed by atoms with Gasteiger partial charge in [-0.15, -0.1) is 0 Å². The van der Waals surface area contributed by atoms with Crippen LogP contribution < -0.4 is 11.1 Å². The molecule has 0 aliphatic rings. The van der Waals surface area contributed by atoms with Crippen LogP contribution in [0.3, 0.4) is 0 Å². The molecule has 0 aliphatic heterocycles. The van der Waals surface area contributed by atoms with Crippen LogP contribution in [-0.4, -0.2) is 27.7 Å². The lowest BCUT2D eigenvalue weighted by Crippen LogP contribution is -2.11. The first-order valence-electron chi connectivity index (χ1n) is 5.35. The Morgan fingerprint density at radius 1 is 1.41 bits per heavy atom. The maximum atomic E-state index is 11.0. The average Bonchev–Trinajstić information content (AvgIpc) is 2.32. The Bertz CT molecular complexity index is 556. The number of aromatic nitrogens is 1. The molecular weight excluding hydrogens is 234 g/mol. The second kappa shape index (κ2) is 5.14.